The second-order valence-electron chi connectivity index (χ2n) is 6.35. The zero-order valence-electron chi connectivity index (χ0n) is 10.1. The first kappa shape index (κ1) is 11.4. The molecule has 1 spiro atoms. The highest BCUT2D eigenvalue weighted by Gasteiger charge is 2.64. The molecular formula is C12H19NO3. The standard InChI is InChI=1S/C12H19NO3/c1-11(2,3)9-12(4-8(5-12)6-14)7-13(9)10(15)16/h6,8-9H,4-5,7H2,1-3H3,(H,15,16). The summed E-state index contributed by atoms with van der Waals surface area (Å²) in [7, 11) is 0. The molecule has 1 amide bonds. The summed E-state index contributed by atoms with van der Waals surface area (Å²) in [5, 5.41) is 9.10. The van der Waals surface area contributed by atoms with Crippen LogP contribution < -0.4 is 0 Å². The van der Waals surface area contributed by atoms with Crippen molar-refractivity contribution in [2.24, 2.45) is 16.7 Å². The first-order valence-electron chi connectivity index (χ1n) is 5.75. The normalized spacial score (nSPS) is 37.8. The van der Waals surface area contributed by atoms with Crippen LogP contribution in [0.15, 0.2) is 0 Å². The van der Waals surface area contributed by atoms with Gasteiger partial charge in [-0.3, -0.25) is 0 Å². The zero-order chi connectivity index (χ0) is 12.1. The van der Waals surface area contributed by atoms with E-state index in [1.807, 2.05) is 0 Å². The number of carbonyl (C=O) groups excluding carboxylic acids is 1. The first-order valence-corrected chi connectivity index (χ1v) is 5.75. The van der Waals surface area contributed by atoms with Crippen molar-refractivity contribution >= 4 is 12.4 Å². The molecule has 1 aliphatic carbocycles. The van der Waals surface area contributed by atoms with Crippen LogP contribution >= 0.6 is 0 Å². The summed E-state index contributed by atoms with van der Waals surface area (Å²) in [5.41, 5.74) is 0.0344. The van der Waals surface area contributed by atoms with Gasteiger partial charge in [-0.25, -0.2) is 4.79 Å². The smallest absolute Gasteiger partial charge is 0.407 e. The lowest BCUT2D eigenvalue weighted by Gasteiger charge is -2.66. The summed E-state index contributed by atoms with van der Waals surface area (Å²) < 4.78 is 0. The van der Waals surface area contributed by atoms with E-state index in [4.69, 9.17) is 5.11 Å². The van der Waals surface area contributed by atoms with Crippen LogP contribution in [0.2, 0.25) is 0 Å². The number of aldehydes is 1. The van der Waals surface area contributed by atoms with Gasteiger partial charge in [-0.15, -0.1) is 0 Å². The molecule has 0 radical (unpaired) electrons. The highest BCUT2D eigenvalue weighted by Crippen LogP contribution is 2.59. The van der Waals surface area contributed by atoms with Crippen LogP contribution in [0.4, 0.5) is 4.79 Å². The quantitative estimate of drug-likeness (QED) is 0.694. The van der Waals surface area contributed by atoms with Gasteiger partial charge in [0.25, 0.3) is 0 Å². The number of rotatable bonds is 1. The van der Waals surface area contributed by atoms with E-state index < -0.39 is 6.09 Å². The van der Waals surface area contributed by atoms with Crippen molar-refractivity contribution in [1.82, 2.24) is 4.90 Å². The van der Waals surface area contributed by atoms with E-state index in [0.29, 0.717) is 6.54 Å². The van der Waals surface area contributed by atoms with Crippen LogP contribution in [0, 0.1) is 16.7 Å². The van der Waals surface area contributed by atoms with Crippen molar-refractivity contribution < 1.29 is 14.7 Å². The van der Waals surface area contributed by atoms with Gasteiger partial charge in [0.2, 0.25) is 0 Å². The Hall–Kier alpha value is -1.06. The fourth-order valence-corrected chi connectivity index (χ4v) is 3.73. The van der Waals surface area contributed by atoms with Crippen molar-refractivity contribution in [3.05, 3.63) is 0 Å². The molecule has 1 unspecified atom stereocenters. The average Bonchev–Trinajstić information content (AvgIpc) is 1.95. The summed E-state index contributed by atoms with van der Waals surface area (Å²) in [6, 6.07) is 0.0636. The summed E-state index contributed by atoms with van der Waals surface area (Å²) >= 11 is 0. The lowest BCUT2D eigenvalue weighted by molar-refractivity contribution is -0.173. The minimum atomic E-state index is -0.833. The Balaban J connectivity index is 2.14. The van der Waals surface area contributed by atoms with Crippen LogP contribution in [0.5, 0.6) is 0 Å². The van der Waals surface area contributed by atoms with Gasteiger partial charge < -0.3 is 14.8 Å². The molecule has 0 bridgehead atoms. The lowest BCUT2D eigenvalue weighted by atomic mass is 9.49. The molecule has 0 aromatic rings. The van der Waals surface area contributed by atoms with E-state index in [9.17, 15) is 9.59 Å². The van der Waals surface area contributed by atoms with Crippen LogP contribution in [0.3, 0.4) is 0 Å². The predicted molar refractivity (Wildman–Crippen MR) is 59.2 cm³/mol. The molecule has 2 fully saturated rings. The molecule has 1 aliphatic heterocycles. The highest BCUT2D eigenvalue weighted by molar-refractivity contribution is 5.68. The highest BCUT2D eigenvalue weighted by atomic mass is 16.4. The molecular weight excluding hydrogens is 206 g/mol. The lowest BCUT2D eigenvalue weighted by Crippen LogP contribution is -2.74. The van der Waals surface area contributed by atoms with Crippen LogP contribution in [-0.2, 0) is 4.79 Å². The molecule has 2 aliphatic rings. The number of likely N-dealkylation sites (tertiary alicyclic amines) is 1. The minimum Gasteiger partial charge on any atom is -0.465 e. The van der Waals surface area contributed by atoms with E-state index in [-0.39, 0.29) is 22.8 Å². The molecule has 4 heteroatoms. The Labute approximate surface area is 95.6 Å². The van der Waals surface area contributed by atoms with Gasteiger partial charge in [-0.1, -0.05) is 20.8 Å². The molecule has 1 saturated heterocycles. The molecule has 0 aromatic carbocycles. The van der Waals surface area contributed by atoms with E-state index in [0.717, 1.165) is 19.1 Å². The van der Waals surface area contributed by atoms with E-state index in [1.54, 1.807) is 0 Å². The number of carboxylic acid groups (broad SMARTS) is 1. The van der Waals surface area contributed by atoms with Crippen molar-refractivity contribution in [3.63, 3.8) is 0 Å². The number of hydrogen-bond acceptors (Lipinski definition) is 2. The minimum absolute atomic E-state index is 0.0511. The first-order chi connectivity index (χ1) is 7.30. The molecule has 1 heterocycles. The van der Waals surface area contributed by atoms with E-state index in [1.165, 1.54) is 4.90 Å². The number of nitrogens with zero attached hydrogens (tertiary/aromatic N) is 1. The number of hydrogen-bond donors (Lipinski definition) is 1. The SMILES string of the molecule is CC(C)(C)C1N(C(=O)O)CC12CC(C=O)C2. The molecule has 1 saturated carbocycles. The maximum atomic E-state index is 11.1. The maximum Gasteiger partial charge on any atom is 0.407 e. The van der Waals surface area contributed by atoms with Gasteiger partial charge in [0.15, 0.2) is 0 Å². The average molecular weight is 225 g/mol. The third-order valence-corrected chi connectivity index (χ3v) is 3.97. The van der Waals surface area contributed by atoms with Crippen LogP contribution in [0.25, 0.3) is 0 Å². The zero-order valence-corrected chi connectivity index (χ0v) is 10.1. The molecule has 2 rings (SSSR count). The Bertz CT molecular complexity index is 326. The van der Waals surface area contributed by atoms with Gasteiger partial charge in [-0.2, -0.15) is 0 Å². The largest absolute Gasteiger partial charge is 0.465 e. The maximum absolute atomic E-state index is 11.1. The molecule has 16 heavy (non-hydrogen) atoms. The fraction of sp³-hybridized carbons (Fsp3) is 0.833. The van der Waals surface area contributed by atoms with E-state index >= 15 is 0 Å². The Morgan fingerprint density at radius 1 is 1.44 bits per heavy atom. The van der Waals surface area contributed by atoms with Gasteiger partial charge in [-0.05, 0) is 18.3 Å². The summed E-state index contributed by atoms with van der Waals surface area (Å²) in [4.78, 5) is 23.3. The summed E-state index contributed by atoms with van der Waals surface area (Å²) in [5.74, 6) is 0.154. The van der Waals surface area contributed by atoms with Crippen molar-refractivity contribution in [2.75, 3.05) is 6.54 Å². The molecule has 1 atom stereocenters. The Kier molecular flexibility index (Phi) is 2.30. The van der Waals surface area contributed by atoms with Crippen LogP contribution in [0.1, 0.15) is 33.6 Å². The second kappa shape index (κ2) is 3.22. The summed E-state index contributed by atoms with van der Waals surface area (Å²) in [6.07, 6.45) is 1.90. The van der Waals surface area contributed by atoms with Gasteiger partial charge >= 0.3 is 6.09 Å². The third kappa shape index (κ3) is 1.43. The summed E-state index contributed by atoms with van der Waals surface area (Å²) in [6.45, 7) is 6.82. The molecule has 4 nitrogen and oxygen atoms in total. The van der Waals surface area contributed by atoms with E-state index in [2.05, 4.69) is 20.8 Å². The second-order valence-corrected chi connectivity index (χ2v) is 6.35. The van der Waals surface area contributed by atoms with Gasteiger partial charge in [0.05, 0.1) is 0 Å². The Morgan fingerprint density at radius 3 is 2.38 bits per heavy atom. The number of amides is 1. The topological polar surface area (TPSA) is 57.6 Å². The van der Waals surface area contributed by atoms with Crippen LogP contribution in [-0.4, -0.2) is 35.0 Å². The monoisotopic (exact) mass is 225 g/mol. The predicted octanol–water partition coefficient (Wildman–Crippen LogP) is 1.99. The van der Waals surface area contributed by atoms with Gasteiger partial charge in [0.1, 0.15) is 6.29 Å². The fourth-order valence-electron chi connectivity index (χ4n) is 3.73. The van der Waals surface area contributed by atoms with Crippen molar-refractivity contribution in [2.45, 2.75) is 39.7 Å². The van der Waals surface area contributed by atoms with Gasteiger partial charge in [0, 0.05) is 23.9 Å². The van der Waals surface area contributed by atoms with Crippen molar-refractivity contribution in [3.8, 4) is 0 Å². The third-order valence-electron chi connectivity index (χ3n) is 3.97. The Morgan fingerprint density at radius 2 is 2.00 bits per heavy atom. The molecule has 90 valence electrons. The number of carbonyl (C=O) groups is 2. The van der Waals surface area contributed by atoms with Crippen molar-refractivity contribution in [1.29, 1.82) is 0 Å². The molecule has 0 aromatic heterocycles. The molecule has 1 N–H and O–H groups in total.